The minimum Gasteiger partial charge on any atom is -0.379 e. The number of rotatable bonds is 16. The van der Waals surface area contributed by atoms with E-state index in [4.69, 9.17) is 18.5 Å². The summed E-state index contributed by atoms with van der Waals surface area (Å²) in [6.45, 7) is 7.65. The molecule has 0 spiro atoms. The van der Waals surface area contributed by atoms with E-state index in [1.807, 2.05) is 21.1 Å². The predicted octanol–water partition coefficient (Wildman–Crippen LogP) is 2.60. The molecule has 0 aliphatic rings. The van der Waals surface area contributed by atoms with Crippen LogP contribution in [0.15, 0.2) is 12.7 Å². The molecule has 144 valence electrons. The first kappa shape index (κ1) is 23.7. The number of quaternary nitrogens is 1. The lowest BCUT2D eigenvalue weighted by atomic mass is 10.3. The maximum absolute atomic E-state index is 11.9. The Kier molecular flexibility index (Phi) is 12.9. The minimum atomic E-state index is -4.09. The van der Waals surface area contributed by atoms with E-state index >= 15 is 0 Å². The van der Waals surface area contributed by atoms with E-state index in [9.17, 15) is 9.46 Å². The van der Waals surface area contributed by atoms with Crippen LogP contribution in [-0.2, 0) is 23.1 Å². The fraction of sp³-hybridized carbons (Fsp3) is 0.875. The molecule has 0 radical (unpaired) electrons. The van der Waals surface area contributed by atoms with Gasteiger partial charge in [0, 0.05) is 6.61 Å². The van der Waals surface area contributed by atoms with Crippen LogP contribution in [0, 0.1) is 0 Å². The molecular weight excluding hydrogens is 333 g/mol. The monoisotopic (exact) mass is 368 g/mol. The second-order valence-electron chi connectivity index (χ2n) is 6.64. The second-order valence-corrected chi connectivity index (χ2v) is 8.09. The van der Waals surface area contributed by atoms with Crippen molar-refractivity contribution < 1.29 is 32.5 Å². The number of nitrogens with zero attached hydrogens (tertiary/aromatic N) is 1. The van der Waals surface area contributed by atoms with Gasteiger partial charge in [0.05, 0.1) is 41.0 Å². The van der Waals surface area contributed by atoms with Gasteiger partial charge in [-0.3, -0.25) is 9.05 Å². The smallest absolute Gasteiger partial charge is 0.379 e. The van der Waals surface area contributed by atoms with E-state index in [1.165, 1.54) is 0 Å². The quantitative estimate of drug-likeness (QED) is 0.195. The molecule has 0 amide bonds. The van der Waals surface area contributed by atoms with Gasteiger partial charge in [-0.1, -0.05) is 25.8 Å². The van der Waals surface area contributed by atoms with Gasteiger partial charge >= 0.3 is 7.82 Å². The van der Waals surface area contributed by atoms with Crippen molar-refractivity contribution in [1.29, 1.82) is 0 Å². The highest BCUT2D eigenvalue weighted by Gasteiger charge is 2.24. The summed E-state index contributed by atoms with van der Waals surface area (Å²) in [7, 11) is 1.84. The first-order valence-electron chi connectivity index (χ1n) is 8.42. The molecule has 0 aromatic heterocycles. The summed E-state index contributed by atoms with van der Waals surface area (Å²) in [4.78, 5) is 9.71. The Morgan fingerprint density at radius 3 is 2.46 bits per heavy atom. The summed E-state index contributed by atoms with van der Waals surface area (Å²) in [5.74, 6) is 0. The summed E-state index contributed by atoms with van der Waals surface area (Å²) in [5.41, 5.74) is 0. The average molecular weight is 368 g/mol. The number of phosphoric acid groups is 1. The van der Waals surface area contributed by atoms with Crippen molar-refractivity contribution >= 4 is 7.82 Å². The van der Waals surface area contributed by atoms with Gasteiger partial charge in [-0.15, -0.1) is 6.58 Å². The van der Waals surface area contributed by atoms with Crippen LogP contribution in [0.2, 0.25) is 0 Å². The van der Waals surface area contributed by atoms with Crippen LogP contribution in [0.4, 0.5) is 0 Å². The van der Waals surface area contributed by atoms with Crippen molar-refractivity contribution in [1.82, 2.24) is 0 Å². The molecule has 1 unspecified atom stereocenters. The first-order chi connectivity index (χ1) is 11.2. The SMILES string of the molecule is C=CCO[C@H](COCCCCC)COP(=O)(O)OCC[N+](C)(C)C. The van der Waals surface area contributed by atoms with Gasteiger partial charge in [0.25, 0.3) is 0 Å². The fourth-order valence-electron chi connectivity index (χ4n) is 1.66. The number of hydrogen-bond acceptors (Lipinski definition) is 5. The molecule has 2 atom stereocenters. The van der Waals surface area contributed by atoms with Crippen LogP contribution >= 0.6 is 7.82 Å². The highest BCUT2D eigenvalue weighted by atomic mass is 31.2. The topological polar surface area (TPSA) is 74.2 Å². The number of unbranched alkanes of at least 4 members (excludes halogenated alkanes) is 2. The lowest BCUT2D eigenvalue weighted by Gasteiger charge is -2.24. The molecule has 0 aromatic rings. The van der Waals surface area contributed by atoms with E-state index in [-0.39, 0.29) is 13.2 Å². The van der Waals surface area contributed by atoms with Crippen molar-refractivity contribution in [3.63, 3.8) is 0 Å². The fourth-order valence-corrected chi connectivity index (χ4v) is 2.40. The Balaban J connectivity index is 4.16. The molecule has 0 aromatic carbocycles. The summed E-state index contributed by atoms with van der Waals surface area (Å²) in [5, 5.41) is 0. The molecule has 0 saturated carbocycles. The van der Waals surface area contributed by atoms with Gasteiger partial charge in [-0.25, -0.2) is 4.57 Å². The van der Waals surface area contributed by atoms with E-state index in [0.29, 0.717) is 30.8 Å². The molecule has 0 saturated heterocycles. The maximum Gasteiger partial charge on any atom is 0.472 e. The average Bonchev–Trinajstić information content (AvgIpc) is 2.47. The van der Waals surface area contributed by atoms with E-state index in [0.717, 1.165) is 19.3 Å². The van der Waals surface area contributed by atoms with Gasteiger partial charge in [-0.2, -0.15) is 0 Å². The largest absolute Gasteiger partial charge is 0.472 e. The Morgan fingerprint density at radius 1 is 1.17 bits per heavy atom. The minimum absolute atomic E-state index is 0.0697. The molecule has 0 rings (SSSR count). The molecule has 8 heteroatoms. The Hall–Kier alpha value is -0.270. The molecule has 0 aliphatic heterocycles. The lowest BCUT2D eigenvalue weighted by Crippen LogP contribution is -2.37. The lowest BCUT2D eigenvalue weighted by molar-refractivity contribution is -0.870. The first-order valence-corrected chi connectivity index (χ1v) is 9.92. The number of ether oxygens (including phenoxy) is 2. The Bertz CT molecular complexity index is 372. The summed E-state index contributed by atoms with van der Waals surface area (Å²) < 4.78 is 33.5. The molecule has 0 heterocycles. The molecule has 0 fully saturated rings. The number of hydrogen-bond donors (Lipinski definition) is 1. The molecular formula is C16H35NO6P+. The number of likely N-dealkylation sites (N-methyl/N-ethyl adjacent to an activating group) is 1. The van der Waals surface area contributed by atoms with Gasteiger partial charge in [-0.05, 0) is 6.42 Å². The van der Waals surface area contributed by atoms with Crippen LogP contribution in [-0.4, -0.2) is 76.2 Å². The van der Waals surface area contributed by atoms with Crippen LogP contribution < -0.4 is 0 Å². The van der Waals surface area contributed by atoms with Crippen molar-refractivity contribution in [3.8, 4) is 0 Å². The Morgan fingerprint density at radius 2 is 1.88 bits per heavy atom. The second kappa shape index (κ2) is 13.0. The summed E-state index contributed by atoms with van der Waals surface area (Å²) in [6, 6.07) is 0. The van der Waals surface area contributed by atoms with Crippen molar-refractivity contribution in [3.05, 3.63) is 12.7 Å². The predicted molar refractivity (Wildman–Crippen MR) is 94.9 cm³/mol. The highest BCUT2D eigenvalue weighted by molar-refractivity contribution is 7.47. The zero-order chi connectivity index (χ0) is 18.5. The zero-order valence-electron chi connectivity index (χ0n) is 15.6. The van der Waals surface area contributed by atoms with Gasteiger partial charge in [0.2, 0.25) is 0 Å². The van der Waals surface area contributed by atoms with Crippen LogP contribution in [0.1, 0.15) is 26.2 Å². The van der Waals surface area contributed by atoms with Gasteiger partial charge < -0.3 is 18.9 Å². The molecule has 1 N–H and O–H groups in total. The van der Waals surface area contributed by atoms with Crippen LogP contribution in [0.5, 0.6) is 0 Å². The molecule has 0 bridgehead atoms. The van der Waals surface area contributed by atoms with Crippen LogP contribution in [0.3, 0.4) is 0 Å². The van der Waals surface area contributed by atoms with Gasteiger partial charge in [0.1, 0.15) is 19.3 Å². The van der Waals surface area contributed by atoms with Crippen molar-refractivity contribution in [2.24, 2.45) is 0 Å². The molecule has 0 aliphatic carbocycles. The maximum atomic E-state index is 11.9. The van der Waals surface area contributed by atoms with E-state index in [1.54, 1.807) is 6.08 Å². The van der Waals surface area contributed by atoms with Crippen molar-refractivity contribution in [2.75, 3.05) is 60.7 Å². The third-order valence-corrected chi connectivity index (χ3v) is 4.07. The normalized spacial score (nSPS) is 15.9. The van der Waals surface area contributed by atoms with Crippen LogP contribution in [0.25, 0.3) is 0 Å². The zero-order valence-corrected chi connectivity index (χ0v) is 16.5. The third-order valence-electron chi connectivity index (χ3n) is 3.09. The summed E-state index contributed by atoms with van der Waals surface area (Å²) >= 11 is 0. The Labute approximate surface area is 146 Å². The third kappa shape index (κ3) is 15.3. The van der Waals surface area contributed by atoms with E-state index < -0.39 is 13.9 Å². The number of phosphoric ester groups is 1. The summed E-state index contributed by atoms with van der Waals surface area (Å²) in [6.07, 6.45) is 4.40. The van der Waals surface area contributed by atoms with E-state index in [2.05, 4.69) is 13.5 Å². The standard InChI is InChI=1S/C16H34NO6P/c1-6-8-9-12-20-14-16(21-11-7-2)15-23-24(18,19)22-13-10-17(3,4)5/h7,16H,2,6,8-15H2,1,3-5H3/p+1/t16-/m1/s1. The van der Waals surface area contributed by atoms with Crippen molar-refractivity contribution in [2.45, 2.75) is 32.3 Å². The van der Waals surface area contributed by atoms with Gasteiger partial charge in [0.15, 0.2) is 0 Å². The molecule has 24 heavy (non-hydrogen) atoms. The molecule has 7 nitrogen and oxygen atoms in total. The highest BCUT2D eigenvalue weighted by Crippen LogP contribution is 2.43.